The van der Waals surface area contributed by atoms with Crippen molar-refractivity contribution < 1.29 is 4.39 Å². The zero-order valence-electron chi connectivity index (χ0n) is 11.7. The van der Waals surface area contributed by atoms with Crippen LogP contribution in [0.15, 0.2) is 12.1 Å². The molecule has 0 heterocycles. The van der Waals surface area contributed by atoms with E-state index in [9.17, 15) is 4.39 Å². The maximum Gasteiger partial charge on any atom is 0.126 e. The van der Waals surface area contributed by atoms with Gasteiger partial charge in [-0.25, -0.2) is 4.39 Å². The maximum atomic E-state index is 13.6. The first-order valence-corrected chi connectivity index (χ1v) is 6.67. The molecule has 0 aromatic heterocycles. The Morgan fingerprint density at radius 3 is 2.61 bits per heavy atom. The first-order valence-electron chi connectivity index (χ1n) is 6.67. The number of hydrogen-bond acceptors (Lipinski definition) is 2. The lowest BCUT2D eigenvalue weighted by atomic mass is 10.0. The molecule has 2 N–H and O–H groups in total. The minimum atomic E-state index is -0.167. The van der Waals surface area contributed by atoms with Gasteiger partial charge >= 0.3 is 0 Å². The molecular formula is C15H23FN2. The molecule has 1 aromatic carbocycles. The summed E-state index contributed by atoms with van der Waals surface area (Å²) < 4.78 is 13.6. The van der Waals surface area contributed by atoms with Gasteiger partial charge in [0.2, 0.25) is 0 Å². The number of nitrogens with zero attached hydrogens (tertiary/aromatic N) is 1. The van der Waals surface area contributed by atoms with E-state index >= 15 is 0 Å². The smallest absolute Gasteiger partial charge is 0.126 e. The summed E-state index contributed by atoms with van der Waals surface area (Å²) in [5.74, 6) is 1.44. The first kappa shape index (κ1) is 13.3. The molecule has 18 heavy (non-hydrogen) atoms. The number of nitrogens with two attached hydrogens (primary N) is 1. The summed E-state index contributed by atoms with van der Waals surface area (Å²) in [6, 6.07) is 3.36. The van der Waals surface area contributed by atoms with Crippen LogP contribution in [0.5, 0.6) is 0 Å². The van der Waals surface area contributed by atoms with Gasteiger partial charge in [-0.2, -0.15) is 0 Å². The largest absolute Gasteiger partial charge is 0.374 e. The van der Waals surface area contributed by atoms with Crippen LogP contribution in [0.2, 0.25) is 0 Å². The molecule has 1 aliphatic carbocycles. The van der Waals surface area contributed by atoms with Gasteiger partial charge in [-0.1, -0.05) is 6.92 Å². The van der Waals surface area contributed by atoms with E-state index in [0.717, 1.165) is 29.6 Å². The highest BCUT2D eigenvalue weighted by Crippen LogP contribution is 2.39. The fraction of sp³-hybridized carbons (Fsp3) is 0.600. The van der Waals surface area contributed by atoms with Gasteiger partial charge in [0.15, 0.2) is 0 Å². The molecule has 0 aliphatic heterocycles. The molecule has 0 saturated heterocycles. The van der Waals surface area contributed by atoms with Gasteiger partial charge in [0.25, 0.3) is 0 Å². The summed E-state index contributed by atoms with van der Waals surface area (Å²) in [6.07, 6.45) is 1.30. The number of anilines is 1. The summed E-state index contributed by atoms with van der Waals surface area (Å²) in [5.41, 5.74) is 8.61. The normalized spacial score (nSPS) is 23.9. The van der Waals surface area contributed by atoms with Crippen molar-refractivity contribution in [2.45, 2.75) is 33.2 Å². The van der Waals surface area contributed by atoms with Gasteiger partial charge in [0.1, 0.15) is 5.82 Å². The molecule has 0 radical (unpaired) electrons. The third kappa shape index (κ3) is 2.66. The average molecular weight is 250 g/mol. The average Bonchev–Trinajstić information content (AvgIpc) is 2.97. The molecule has 1 aliphatic rings. The van der Waals surface area contributed by atoms with Crippen LogP contribution in [0.25, 0.3) is 0 Å². The lowest BCUT2D eigenvalue weighted by molar-refractivity contribution is 0.612. The van der Waals surface area contributed by atoms with E-state index in [1.165, 1.54) is 6.42 Å². The lowest BCUT2D eigenvalue weighted by Gasteiger charge is -2.25. The van der Waals surface area contributed by atoms with Crippen LogP contribution in [0.4, 0.5) is 10.1 Å². The number of hydrogen-bond donors (Lipinski definition) is 1. The third-order valence-corrected chi connectivity index (χ3v) is 3.99. The highest BCUT2D eigenvalue weighted by molar-refractivity contribution is 5.56. The quantitative estimate of drug-likeness (QED) is 0.889. The Kier molecular flexibility index (Phi) is 3.62. The Balaban J connectivity index is 2.26. The van der Waals surface area contributed by atoms with Gasteiger partial charge < -0.3 is 10.6 Å². The van der Waals surface area contributed by atoms with Crippen LogP contribution >= 0.6 is 0 Å². The molecule has 3 heteroatoms. The summed E-state index contributed by atoms with van der Waals surface area (Å²) >= 11 is 0. The van der Waals surface area contributed by atoms with Gasteiger partial charge in [-0.05, 0) is 55.4 Å². The Morgan fingerprint density at radius 1 is 1.50 bits per heavy atom. The Morgan fingerprint density at radius 2 is 2.11 bits per heavy atom. The molecule has 2 rings (SSSR count). The second-order valence-corrected chi connectivity index (χ2v) is 5.80. The summed E-state index contributed by atoms with van der Waals surface area (Å²) in [4.78, 5) is 2.22. The Hall–Kier alpha value is -1.09. The first-order chi connectivity index (χ1) is 8.40. The van der Waals surface area contributed by atoms with Crippen molar-refractivity contribution in [2.24, 2.45) is 17.6 Å². The van der Waals surface area contributed by atoms with E-state index in [1.54, 1.807) is 13.0 Å². The van der Waals surface area contributed by atoms with E-state index < -0.39 is 0 Å². The maximum absolute atomic E-state index is 13.6. The predicted octanol–water partition coefficient (Wildman–Crippen LogP) is 3.25. The second kappa shape index (κ2) is 4.88. The molecule has 0 bridgehead atoms. The third-order valence-electron chi connectivity index (χ3n) is 3.99. The minimum absolute atomic E-state index is 0.144. The topological polar surface area (TPSA) is 29.3 Å². The Labute approximate surface area is 109 Å². The van der Waals surface area contributed by atoms with Crippen LogP contribution in [0, 0.1) is 24.6 Å². The van der Waals surface area contributed by atoms with Crippen molar-refractivity contribution in [3.63, 3.8) is 0 Å². The molecule has 1 saturated carbocycles. The zero-order chi connectivity index (χ0) is 13.4. The second-order valence-electron chi connectivity index (χ2n) is 5.80. The monoisotopic (exact) mass is 250 g/mol. The molecule has 3 atom stereocenters. The van der Waals surface area contributed by atoms with E-state index in [0.29, 0.717) is 5.56 Å². The van der Waals surface area contributed by atoms with Crippen LogP contribution in [-0.4, -0.2) is 13.6 Å². The summed E-state index contributed by atoms with van der Waals surface area (Å²) in [6.45, 7) is 7.02. The van der Waals surface area contributed by atoms with Gasteiger partial charge in [0, 0.05) is 25.3 Å². The van der Waals surface area contributed by atoms with Crippen molar-refractivity contribution in [1.82, 2.24) is 0 Å². The highest BCUT2D eigenvalue weighted by atomic mass is 19.1. The lowest BCUT2D eigenvalue weighted by Crippen LogP contribution is -2.23. The molecule has 2 unspecified atom stereocenters. The Bertz CT molecular complexity index is 442. The molecule has 0 amide bonds. The number of benzene rings is 1. The summed E-state index contributed by atoms with van der Waals surface area (Å²) in [5, 5.41) is 0. The number of aryl methyl sites for hydroxylation is 1. The van der Waals surface area contributed by atoms with Crippen molar-refractivity contribution >= 4 is 5.69 Å². The highest BCUT2D eigenvalue weighted by Gasteiger charge is 2.33. The minimum Gasteiger partial charge on any atom is -0.374 e. The summed E-state index contributed by atoms with van der Waals surface area (Å²) in [7, 11) is 2.07. The van der Waals surface area contributed by atoms with Crippen molar-refractivity contribution in [1.29, 1.82) is 0 Å². The zero-order valence-corrected chi connectivity index (χ0v) is 11.7. The fourth-order valence-electron chi connectivity index (χ4n) is 2.48. The molecule has 1 aromatic rings. The van der Waals surface area contributed by atoms with Crippen LogP contribution < -0.4 is 10.6 Å². The SMILES string of the molecule is Cc1cc(N(C)CC2CC2C)c([C@@H](C)N)cc1F. The molecule has 1 fully saturated rings. The van der Waals surface area contributed by atoms with Gasteiger partial charge in [0.05, 0.1) is 0 Å². The van der Waals surface area contributed by atoms with E-state index in [2.05, 4.69) is 18.9 Å². The molecule has 0 spiro atoms. The van der Waals surface area contributed by atoms with Crippen LogP contribution in [0.1, 0.15) is 37.4 Å². The van der Waals surface area contributed by atoms with Crippen molar-refractivity contribution in [3.05, 3.63) is 29.1 Å². The molecular weight excluding hydrogens is 227 g/mol. The van der Waals surface area contributed by atoms with Crippen LogP contribution in [-0.2, 0) is 0 Å². The molecule has 100 valence electrons. The van der Waals surface area contributed by atoms with E-state index in [4.69, 9.17) is 5.73 Å². The number of rotatable bonds is 4. The van der Waals surface area contributed by atoms with E-state index in [1.807, 2.05) is 13.0 Å². The van der Waals surface area contributed by atoms with E-state index in [-0.39, 0.29) is 11.9 Å². The predicted molar refractivity (Wildman–Crippen MR) is 74.3 cm³/mol. The van der Waals surface area contributed by atoms with Gasteiger partial charge in [-0.3, -0.25) is 0 Å². The number of halogens is 1. The fourth-order valence-corrected chi connectivity index (χ4v) is 2.48. The van der Waals surface area contributed by atoms with Crippen molar-refractivity contribution in [3.8, 4) is 0 Å². The van der Waals surface area contributed by atoms with Crippen LogP contribution in [0.3, 0.4) is 0 Å². The van der Waals surface area contributed by atoms with Gasteiger partial charge in [-0.15, -0.1) is 0 Å². The molecule has 2 nitrogen and oxygen atoms in total. The standard InChI is InChI=1S/C15H23FN2/c1-9-5-12(9)8-18(4)15-6-10(2)14(16)7-13(15)11(3)17/h6-7,9,11-12H,5,8,17H2,1-4H3/t9?,11-,12?/m1/s1. The van der Waals surface area contributed by atoms with Crippen molar-refractivity contribution in [2.75, 3.05) is 18.5 Å².